The number of thiophene rings is 1. The van der Waals surface area contributed by atoms with Crippen molar-refractivity contribution in [3.05, 3.63) is 44.6 Å². The van der Waals surface area contributed by atoms with E-state index in [1.807, 2.05) is 24.3 Å². The summed E-state index contributed by atoms with van der Waals surface area (Å²) < 4.78 is 12.2. The monoisotopic (exact) mass is 343 g/mol. The van der Waals surface area contributed by atoms with E-state index < -0.39 is 0 Å². The number of nitrogens with one attached hydrogen (secondary N) is 1. The molecule has 1 atom stereocenters. The van der Waals surface area contributed by atoms with Crippen LogP contribution in [-0.2, 0) is 0 Å². The van der Waals surface area contributed by atoms with Gasteiger partial charge in [0.15, 0.2) is 11.5 Å². The molecule has 0 saturated heterocycles. The smallest absolute Gasteiger partial charge is 0.253 e. The topological polar surface area (TPSA) is 47.6 Å². The molecule has 1 aromatic heterocycles. The highest BCUT2D eigenvalue weighted by Crippen LogP contribution is 2.32. The van der Waals surface area contributed by atoms with Crippen molar-refractivity contribution < 1.29 is 14.3 Å². The molecule has 0 unspecified atom stereocenters. The zero-order valence-electron chi connectivity index (χ0n) is 10.8. The summed E-state index contributed by atoms with van der Waals surface area (Å²) in [5.41, 5.74) is 0.379. The molecule has 1 amide bonds. The van der Waals surface area contributed by atoms with Crippen molar-refractivity contribution in [2.75, 3.05) is 13.2 Å². The van der Waals surface area contributed by atoms with Crippen LogP contribution in [-0.4, -0.2) is 25.2 Å². The van der Waals surface area contributed by atoms with Crippen LogP contribution in [0.5, 0.6) is 11.5 Å². The molecule has 4 nitrogen and oxygen atoms in total. The molecular weight excluding hydrogens is 333 g/mol. The Hall–Kier alpha value is -1.43. The SMILES string of the molecule is O=C(NC[C@@H]1COc2ccccc2O1)c1cc(Cl)sc1Cl. The molecular formula is C14H11Cl2NO3S. The van der Waals surface area contributed by atoms with Crippen LogP contribution in [0.4, 0.5) is 0 Å². The minimum absolute atomic E-state index is 0.239. The first-order valence-electron chi connectivity index (χ1n) is 6.25. The lowest BCUT2D eigenvalue weighted by Crippen LogP contribution is -2.40. The van der Waals surface area contributed by atoms with Gasteiger partial charge in [0.1, 0.15) is 17.0 Å². The van der Waals surface area contributed by atoms with Gasteiger partial charge in [0.05, 0.1) is 16.4 Å². The van der Waals surface area contributed by atoms with E-state index in [1.54, 1.807) is 6.07 Å². The van der Waals surface area contributed by atoms with Crippen LogP contribution >= 0.6 is 34.5 Å². The molecule has 0 bridgehead atoms. The van der Waals surface area contributed by atoms with Gasteiger partial charge in [0.25, 0.3) is 5.91 Å². The lowest BCUT2D eigenvalue weighted by atomic mass is 10.2. The minimum Gasteiger partial charge on any atom is -0.486 e. The quantitative estimate of drug-likeness (QED) is 0.925. The number of fused-ring (bicyclic) bond motifs is 1. The molecule has 0 saturated carbocycles. The first-order valence-corrected chi connectivity index (χ1v) is 7.82. The second kappa shape index (κ2) is 6.13. The van der Waals surface area contributed by atoms with E-state index in [0.29, 0.717) is 38.9 Å². The van der Waals surface area contributed by atoms with Crippen molar-refractivity contribution in [1.82, 2.24) is 5.32 Å². The van der Waals surface area contributed by atoms with Gasteiger partial charge in [-0.3, -0.25) is 4.79 Å². The number of carbonyl (C=O) groups excluding carboxylic acids is 1. The number of halogens is 2. The Bertz CT molecular complexity index is 674. The van der Waals surface area contributed by atoms with Crippen LogP contribution in [0.1, 0.15) is 10.4 Å². The summed E-state index contributed by atoms with van der Waals surface area (Å²) in [5.74, 6) is 1.12. The van der Waals surface area contributed by atoms with Crippen molar-refractivity contribution in [2.24, 2.45) is 0 Å². The van der Waals surface area contributed by atoms with Crippen LogP contribution in [0.2, 0.25) is 8.67 Å². The van der Waals surface area contributed by atoms with E-state index in [4.69, 9.17) is 32.7 Å². The maximum absolute atomic E-state index is 12.0. The summed E-state index contributed by atoms with van der Waals surface area (Å²) in [6.45, 7) is 0.715. The summed E-state index contributed by atoms with van der Waals surface area (Å²) in [7, 11) is 0. The maximum atomic E-state index is 12.0. The molecule has 2 aromatic rings. The Morgan fingerprint density at radius 2 is 2.10 bits per heavy atom. The van der Waals surface area contributed by atoms with E-state index in [1.165, 1.54) is 0 Å². The number of benzene rings is 1. The van der Waals surface area contributed by atoms with Crippen molar-refractivity contribution in [3.63, 3.8) is 0 Å². The maximum Gasteiger partial charge on any atom is 0.253 e. The van der Waals surface area contributed by atoms with Crippen LogP contribution < -0.4 is 14.8 Å². The summed E-state index contributed by atoms with van der Waals surface area (Å²) in [6.07, 6.45) is -0.239. The highest BCUT2D eigenvalue weighted by atomic mass is 35.5. The lowest BCUT2D eigenvalue weighted by Gasteiger charge is -2.26. The van der Waals surface area contributed by atoms with E-state index in [-0.39, 0.29) is 12.0 Å². The third-order valence-corrected chi connectivity index (χ3v) is 4.45. The second-order valence-electron chi connectivity index (χ2n) is 4.45. The summed E-state index contributed by atoms with van der Waals surface area (Å²) in [5, 5.41) is 2.77. The molecule has 0 spiro atoms. The Balaban J connectivity index is 1.59. The van der Waals surface area contributed by atoms with Gasteiger partial charge in [-0.1, -0.05) is 35.3 Å². The molecule has 21 heavy (non-hydrogen) atoms. The molecule has 7 heteroatoms. The highest BCUT2D eigenvalue weighted by Gasteiger charge is 2.22. The standard InChI is InChI=1S/C14H11Cl2NO3S/c15-12-5-9(13(16)21-12)14(18)17-6-8-7-19-10-3-1-2-4-11(10)20-8/h1-5,8H,6-7H2,(H,17,18)/t8-/m1/s1. The number of amides is 1. The fraction of sp³-hybridized carbons (Fsp3) is 0.214. The fourth-order valence-corrected chi connectivity index (χ4v) is 3.42. The number of hydrogen-bond donors (Lipinski definition) is 1. The normalized spacial score (nSPS) is 16.6. The Morgan fingerprint density at radius 3 is 2.81 bits per heavy atom. The summed E-state index contributed by atoms with van der Waals surface area (Å²) in [4.78, 5) is 12.0. The van der Waals surface area contributed by atoms with Crippen molar-refractivity contribution in [2.45, 2.75) is 6.10 Å². The average molecular weight is 344 g/mol. The minimum atomic E-state index is -0.273. The van der Waals surface area contributed by atoms with Crippen molar-refractivity contribution in [1.29, 1.82) is 0 Å². The molecule has 0 radical (unpaired) electrons. The Kier molecular flexibility index (Phi) is 4.24. The van der Waals surface area contributed by atoms with E-state index in [0.717, 1.165) is 11.3 Å². The van der Waals surface area contributed by atoms with Gasteiger partial charge in [-0.15, -0.1) is 11.3 Å². The number of ether oxygens (including phenoxy) is 2. The number of hydrogen-bond acceptors (Lipinski definition) is 4. The van der Waals surface area contributed by atoms with Crippen molar-refractivity contribution in [3.8, 4) is 11.5 Å². The van der Waals surface area contributed by atoms with E-state index in [9.17, 15) is 4.79 Å². The van der Waals surface area contributed by atoms with Gasteiger partial charge in [0, 0.05) is 0 Å². The third-order valence-electron chi connectivity index (χ3n) is 2.96. The molecule has 2 heterocycles. The number of rotatable bonds is 3. The number of para-hydroxylation sites is 2. The third kappa shape index (κ3) is 3.26. The lowest BCUT2D eigenvalue weighted by molar-refractivity contribution is 0.0789. The molecule has 0 aliphatic carbocycles. The predicted octanol–water partition coefficient (Wildman–Crippen LogP) is 3.62. The molecule has 0 fully saturated rings. The fourth-order valence-electron chi connectivity index (χ4n) is 1.96. The van der Waals surface area contributed by atoms with Gasteiger partial charge < -0.3 is 14.8 Å². The summed E-state index contributed by atoms with van der Waals surface area (Å²) >= 11 is 12.9. The van der Waals surface area contributed by atoms with Crippen LogP contribution in [0, 0.1) is 0 Å². The van der Waals surface area contributed by atoms with Crippen LogP contribution in [0.3, 0.4) is 0 Å². The average Bonchev–Trinajstić information content (AvgIpc) is 2.83. The molecule has 1 aromatic carbocycles. The Labute approximate surface area is 135 Å². The molecule has 110 valence electrons. The van der Waals surface area contributed by atoms with Gasteiger partial charge in [-0.25, -0.2) is 0 Å². The first-order chi connectivity index (χ1) is 10.1. The molecule has 1 aliphatic heterocycles. The second-order valence-corrected chi connectivity index (χ2v) is 6.73. The van der Waals surface area contributed by atoms with Crippen LogP contribution in [0.15, 0.2) is 30.3 Å². The number of carbonyl (C=O) groups is 1. The highest BCUT2D eigenvalue weighted by molar-refractivity contribution is 7.20. The zero-order valence-corrected chi connectivity index (χ0v) is 13.1. The van der Waals surface area contributed by atoms with Gasteiger partial charge in [-0.2, -0.15) is 0 Å². The van der Waals surface area contributed by atoms with E-state index in [2.05, 4.69) is 5.32 Å². The largest absolute Gasteiger partial charge is 0.486 e. The van der Waals surface area contributed by atoms with Gasteiger partial charge >= 0.3 is 0 Å². The predicted molar refractivity (Wildman–Crippen MR) is 83.0 cm³/mol. The van der Waals surface area contributed by atoms with Crippen molar-refractivity contribution >= 4 is 40.4 Å². The molecule has 1 aliphatic rings. The first kappa shape index (κ1) is 14.5. The van der Waals surface area contributed by atoms with Gasteiger partial charge in [0.2, 0.25) is 0 Å². The van der Waals surface area contributed by atoms with Crippen LogP contribution in [0.25, 0.3) is 0 Å². The zero-order chi connectivity index (χ0) is 14.8. The van der Waals surface area contributed by atoms with E-state index >= 15 is 0 Å². The summed E-state index contributed by atoms with van der Waals surface area (Å²) in [6, 6.07) is 8.98. The van der Waals surface area contributed by atoms with Gasteiger partial charge in [-0.05, 0) is 18.2 Å². The molecule has 3 rings (SSSR count). The Morgan fingerprint density at radius 1 is 1.33 bits per heavy atom. The molecule has 1 N–H and O–H groups in total.